The molecule has 0 unspecified atom stereocenters. The molecular weight excluding hydrogens is 254 g/mol. The van der Waals surface area contributed by atoms with Crippen molar-refractivity contribution in [3.63, 3.8) is 0 Å². The van der Waals surface area contributed by atoms with Gasteiger partial charge in [-0.1, -0.05) is 29.8 Å². The van der Waals surface area contributed by atoms with Gasteiger partial charge in [-0.05, 0) is 38.4 Å². The van der Waals surface area contributed by atoms with Crippen molar-refractivity contribution in [3.05, 3.63) is 58.5 Å². The first-order valence-electron chi connectivity index (χ1n) is 6.65. The van der Waals surface area contributed by atoms with Crippen LogP contribution in [0.15, 0.2) is 34.7 Å². The van der Waals surface area contributed by atoms with Gasteiger partial charge in [0.1, 0.15) is 5.76 Å². The average Bonchev–Trinajstić information content (AvgIpc) is 2.76. The summed E-state index contributed by atoms with van der Waals surface area (Å²) in [7, 11) is 0. The van der Waals surface area contributed by atoms with Crippen LogP contribution >= 0.6 is 0 Å². The van der Waals surface area contributed by atoms with Gasteiger partial charge in [0.2, 0.25) is 5.76 Å². The summed E-state index contributed by atoms with van der Waals surface area (Å²) in [5.41, 5.74) is 3.21. The molecule has 1 heterocycles. The van der Waals surface area contributed by atoms with Gasteiger partial charge in [0.05, 0.1) is 6.54 Å². The first kappa shape index (κ1) is 14.3. The second-order valence-electron chi connectivity index (χ2n) is 4.95. The Labute approximate surface area is 118 Å². The summed E-state index contributed by atoms with van der Waals surface area (Å²) in [6, 6.07) is 10.2. The van der Waals surface area contributed by atoms with Crippen LogP contribution in [-0.4, -0.2) is 17.6 Å². The number of rotatable bonds is 6. The molecule has 0 spiro atoms. The molecule has 2 aromatic rings. The fourth-order valence-corrected chi connectivity index (χ4v) is 2.16. The highest BCUT2D eigenvalue weighted by atomic mass is 16.4. The van der Waals surface area contributed by atoms with Crippen LogP contribution in [0.5, 0.6) is 0 Å². The Morgan fingerprint density at radius 3 is 2.75 bits per heavy atom. The normalized spacial score (nSPS) is 10.7. The molecular formula is C16H19NO3. The van der Waals surface area contributed by atoms with Gasteiger partial charge in [0.15, 0.2) is 0 Å². The van der Waals surface area contributed by atoms with Gasteiger partial charge in [-0.2, -0.15) is 0 Å². The van der Waals surface area contributed by atoms with Gasteiger partial charge in [-0.25, -0.2) is 4.79 Å². The third-order valence-electron chi connectivity index (χ3n) is 3.14. The molecule has 106 valence electrons. The highest BCUT2D eigenvalue weighted by Gasteiger charge is 2.13. The van der Waals surface area contributed by atoms with Gasteiger partial charge in [0.25, 0.3) is 0 Å². The smallest absolute Gasteiger partial charge is 0.372 e. The summed E-state index contributed by atoms with van der Waals surface area (Å²) in [5, 5.41) is 12.2. The van der Waals surface area contributed by atoms with Crippen LogP contribution in [0.2, 0.25) is 0 Å². The third kappa shape index (κ3) is 3.71. The van der Waals surface area contributed by atoms with Crippen molar-refractivity contribution < 1.29 is 14.3 Å². The Hall–Kier alpha value is -2.07. The van der Waals surface area contributed by atoms with E-state index < -0.39 is 5.97 Å². The number of aromatic carboxylic acids is 1. The number of hydrogen-bond acceptors (Lipinski definition) is 3. The van der Waals surface area contributed by atoms with E-state index in [-0.39, 0.29) is 5.76 Å². The number of carbonyl (C=O) groups is 1. The number of aryl methyl sites for hydroxylation is 2. The van der Waals surface area contributed by atoms with E-state index in [2.05, 4.69) is 36.5 Å². The quantitative estimate of drug-likeness (QED) is 0.794. The predicted octanol–water partition coefficient (Wildman–Crippen LogP) is 2.93. The zero-order chi connectivity index (χ0) is 14.5. The SMILES string of the molecule is Cc1cccc(CCNCc2cc(C)c(C(=O)O)o2)c1. The molecule has 0 radical (unpaired) electrons. The molecule has 20 heavy (non-hydrogen) atoms. The molecule has 4 heteroatoms. The number of carboxylic acid groups (broad SMARTS) is 1. The lowest BCUT2D eigenvalue weighted by Crippen LogP contribution is -2.16. The van der Waals surface area contributed by atoms with Gasteiger partial charge in [-0.3, -0.25) is 0 Å². The van der Waals surface area contributed by atoms with Gasteiger partial charge < -0.3 is 14.8 Å². The van der Waals surface area contributed by atoms with Gasteiger partial charge in [-0.15, -0.1) is 0 Å². The zero-order valence-electron chi connectivity index (χ0n) is 11.8. The maximum atomic E-state index is 10.9. The Balaban J connectivity index is 1.81. The average molecular weight is 273 g/mol. The van der Waals surface area contributed by atoms with E-state index in [1.54, 1.807) is 13.0 Å². The molecule has 0 atom stereocenters. The molecule has 0 bridgehead atoms. The van der Waals surface area contributed by atoms with E-state index in [0.29, 0.717) is 17.9 Å². The number of benzene rings is 1. The molecule has 0 aliphatic carbocycles. The predicted molar refractivity (Wildman–Crippen MR) is 77.0 cm³/mol. The summed E-state index contributed by atoms with van der Waals surface area (Å²) in [5.74, 6) is -0.335. The van der Waals surface area contributed by atoms with Crippen molar-refractivity contribution in [2.75, 3.05) is 6.54 Å². The van der Waals surface area contributed by atoms with Gasteiger partial charge >= 0.3 is 5.97 Å². The van der Waals surface area contributed by atoms with Gasteiger partial charge in [0, 0.05) is 5.56 Å². The lowest BCUT2D eigenvalue weighted by molar-refractivity contribution is 0.0659. The van der Waals surface area contributed by atoms with Crippen LogP contribution in [0.25, 0.3) is 0 Å². The Bertz CT molecular complexity index is 602. The zero-order valence-corrected chi connectivity index (χ0v) is 11.8. The third-order valence-corrected chi connectivity index (χ3v) is 3.14. The maximum Gasteiger partial charge on any atom is 0.372 e. The van der Waals surface area contributed by atoms with E-state index >= 15 is 0 Å². The summed E-state index contributed by atoms with van der Waals surface area (Å²) >= 11 is 0. The Kier molecular flexibility index (Phi) is 4.58. The minimum atomic E-state index is -1.02. The lowest BCUT2D eigenvalue weighted by atomic mass is 10.1. The first-order chi connectivity index (χ1) is 9.56. The highest BCUT2D eigenvalue weighted by molar-refractivity contribution is 5.86. The Morgan fingerprint density at radius 2 is 2.10 bits per heavy atom. The minimum absolute atomic E-state index is 0.0282. The summed E-state index contributed by atoms with van der Waals surface area (Å²) in [6.07, 6.45) is 0.938. The van der Waals surface area contributed by atoms with Crippen LogP contribution < -0.4 is 5.32 Å². The number of nitrogens with one attached hydrogen (secondary N) is 1. The molecule has 0 saturated heterocycles. The van der Waals surface area contributed by atoms with Crippen LogP contribution in [0.4, 0.5) is 0 Å². The number of furan rings is 1. The summed E-state index contributed by atoms with van der Waals surface area (Å²) in [4.78, 5) is 10.9. The largest absolute Gasteiger partial charge is 0.475 e. The molecule has 1 aromatic heterocycles. The topological polar surface area (TPSA) is 62.5 Å². The Morgan fingerprint density at radius 1 is 1.30 bits per heavy atom. The first-order valence-corrected chi connectivity index (χ1v) is 6.65. The van der Waals surface area contributed by atoms with Crippen molar-refractivity contribution in [1.29, 1.82) is 0 Å². The van der Waals surface area contributed by atoms with Crippen molar-refractivity contribution in [2.24, 2.45) is 0 Å². The standard InChI is InChI=1S/C16H19NO3/c1-11-4-3-5-13(8-11)6-7-17-10-14-9-12(2)15(20-14)16(18)19/h3-5,8-9,17H,6-7,10H2,1-2H3,(H,18,19). The van der Waals surface area contributed by atoms with E-state index in [4.69, 9.17) is 9.52 Å². The maximum absolute atomic E-state index is 10.9. The number of hydrogen-bond donors (Lipinski definition) is 2. The molecule has 0 saturated carbocycles. The van der Waals surface area contributed by atoms with Crippen molar-refractivity contribution in [2.45, 2.75) is 26.8 Å². The fraction of sp³-hybridized carbons (Fsp3) is 0.312. The van der Waals surface area contributed by atoms with Crippen molar-refractivity contribution in [3.8, 4) is 0 Å². The van der Waals surface area contributed by atoms with E-state index in [9.17, 15) is 4.79 Å². The van der Waals surface area contributed by atoms with Crippen LogP contribution in [0.3, 0.4) is 0 Å². The number of carboxylic acids is 1. The lowest BCUT2D eigenvalue weighted by Gasteiger charge is -2.04. The molecule has 0 fully saturated rings. The van der Waals surface area contributed by atoms with E-state index in [1.165, 1.54) is 11.1 Å². The van der Waals surface area contributed by atoms with E-state index in [1.807, 2.05) is 0 Å². The minimum Gasteiger partial charge on any atom is -0.475 e. The summed E-state index contributed by atoms with van der Waals surface area (Å²) in [6.45, 7) is 5.19. The highest BCUT2D eigenvalue weighted by Crippen LogP contribution is 2.14. The molecule has 2 N–H and O–H groups in total. The van der Waals surface area contributed by atoms with Crippen LogP contribution in [-0.2, 0) is 13.0 Å². The van der Waals surface area contributed by atoms with Crippen LogP contribution in [0.1, 0.15) is 33.0 Å². The molecule has 4 nitrogen and oxygen atoms in total. The monoisotopic (exact) mass is 273 g/mol. The molecule has 2 rings (SSSR count). The fourth-order valence-electron chi connectivity index (χ4n) is 2.16. The molecule has 0 amide bonds. The second-order valence-corrected chi connectivity index (χ2v) is 4.95. The molecule has 0 aliphatic heterocycles. The van der Waals surface area contributed by atoms with Crippen molar-refractivity contribution >= 4 is 5.97 Å². The van der Waals surface area contributed by atoms with Crippen LogP contribution in [0, 0.1) is 13.8 Å². The van der Waals surface area contributed by atoms with E-state index in [0.717, 1.165) is 13.0 Å². The molecule has 1 aromatic carbocycles. The second kappa shape index (κ2) is 6.39. The summed E-state index contributed by atoms with van der Waals surface area (Å²) < 4.78 is 5.29. The van der Waals surface area contributed by atoms with Crippen molar-refractivity contribution in [1.82, 2.24) is 5.32 Å². The molecule has 0 aliphatic rings.